The number of anilines is 1. The highest BCUT2D eigenvalue weighted by Gasteiger charge is 2.15. The van der Waals surface area contributed by atoms with Crippen molar-refractivity contribution in [3.8, 4) is 0 Å². The summed E-state index contributed by atoms with van der Waals surface area (Å²) in [6, 6.07) is 8.17. The SMILES string of the molecule is Cc1cccc(C)c1NC(=O)CN[C@H](C)c1cc(F)c(Cl)cc1Cl. The Morgan fingerprint density at radius 2 is 1.79 bits per heavy atom. The van der Waals surface area contributed by atoms with Crippen LogP contribution in [0.4, 0.5) is 10.1 Å². The number of para-hydroxylation sites is 1. The van der Waals surface area contributed by atoms with Gasteiger partial charge in [-0.2, -0.15) is 0 Å². The number of hydrogen-bond acceptors (Lipinski definition) is 2. The molecular formula is C18H19Cl2FN2O. The maximum Gasteiger partial charge on any atom is 0.238 e. The third-order valence-electron chi connectivity index (χ3n) is 3.82. The van der Waals surface area contributed by atoms with Crippen molar-refractivity contribution in [2.24, 2.45) is 0 Å². The van der Waals surface area contributed by atoms with Gasteiger partial charge in [-0.3, -0.25) is 4.79 Å². The van der Waals surface area contributed by atoms with Crippen LogP contribution in [0.1, 0.15) is 29.7 Å². The van der Waals surface area contributed by atoms with Crippen LogP contribution in [0.5, 0.6) is 0 Å². The number of hydrogen-bond donors (Lipinski definition) is 2. The van der Waals surface area contributed by atoms with Gasteiger partial charge in [0.25, 0.3) is 0 Å². The van der Waals surface area contributed by atoms with Crippen molar-refractivity contribution in [1.82, 2.24) is 5.32 Å². The number of carbonyl (C=O) groups is 1. The average molecular weight is 369 g/mol. The van der Waals surface area contributed by atoms with Gasteiger partial charge >= 0.3 is 0 Å². The van der Waals surface area contributed by atoms with Gasteiger partial charge in [-0.1, -0.05) is 41.4 Å². The van der Waals surface area contributed by atoms with Crippen LogP contribution in [0.2, 0.25) is 10.0 Å². The molecule has 0 aliphatic carbocycles. The quantitative estimate of drug-likeness (QED) is 0.725. The van der Waals surface area contributed by atoms with Crippen LogP contribution in [0.15, 0.2) is 30.3 Å². The summed E-state index contributed by atoms with van der Waals surface area (Å²) < 4.78 is 13.6. The molecule has 1 atom stereocenters. The molecule has 0 bridgehead atoms. The van der Waals surface area contributed by atoms with Crippen LogP contribution < -0.4 is 10.6 Å². The maximum atomic E-state index is 13.6. The summed E-state index contributed by atoms with van der Waals surface area (Å²) in [6.45, 7) is 5.76. The zero-order valence-corrected chi connectivity index (χ0v) is 15.2. The first-order valence-electron chi connectivity index (χ1n) is 7.53. The van der Waals surface area contributed by atoms with Crippen molar-refractivity contribution in [3.63, 3.8) is 0 Å². The van der Waals surface area contributed by atoms with Crippen LogP contribution in [0.3, 0.4) is 0 Å². The van der Waals surface area contributed by atoms with E-state index >= 15 is 0 Å². The van der Waals surface area contributed by atoms with Gasteiger partial charge in [-0.15, -0.1) is 0 Å². The Hall–Kier alpha value is -1.62. The van der Waals surface area contributed by atoms with Gasteiger partial charge in [-0.05, 0) is 49.6 Å². The zero-order chi connectivity index (χ0) is 17.9. The van der Waals surface area contributed by atoms with E-state index < -0.39 is 5.82 Å². The monoisotopic (exact) mass is 368 g/mol. The van der Waals surface area contributed by atoms with E-state index in [1.165, 1.54) is 12.1 Å². The molecule has 0 aliphatic rings. The molecule has 0 fully saturated rings. The van der Waals surface area contributed by atoms with E-state index in [9.17, 15) is 9.18 Å². The van der Waals surface area contributed by atoms with Gasteiger partial charge < -0.3 is 10.6 Å². The molecule has 0 unspecified atom stereocenters. The van der Waals surface area contributed by atoms with Gasteiger partial charge in [0.1, 0.15) is 5.82 Å². The summed E-state index contributed by atoms with van der Waals surface area (Å²) in [6.07, 6.45) is 0. The second-order valence-corrected chi connectivity index (χ2v) is 6.52. The Morgan fingerprint density at radius 3 is 2.42 bits per heavy atom. The smallest absolute Gasteiger partial charge is 0.238 e. The Morgan fingerprint density at radius 1 is 1.17 bits per heavy atom. The molecular weight excluding hydrogens is 350 g/mol. The number of aryl methyl sites for hydroxylation is 2. The third kappa shape index (κ3) is 4.47. The van der Waals surface area contributed by atoms with Gasteiger partial charge in [0.15, 0.2) is 0 Å². The topological polar surface area (TPSA) is 41.1 Å². The molecule has 0 saturated heterocycles. The maximum absolute atomic E-state index is 13.6. The van der Waals surface area contributed by atoms with Crippen molar-refractivity contribution < 1.29 is 9.18 Å². The summed E-state index contributed by atoms with van der Waals surface area (Å²) in [4.78, 5) is 12.2. The predicted octanol–water partition coefficient (Wildman–Crippen LogP) is 5.04. The fourth-order valence-corrected chi connectivity index (χ4v) is 2.97. The van der Waals surface area contributed by atoms with E-state index in [1.54, 1.807) is 6.92 Å². The van der Waals surface area contributed by atoms with Crippen molar-refractivity contribution in [2.75, 3.05) is 11.9 Å². The molecule has 0 radical (unpaired) electrons. The molecule has 128 valence electrons. The van der Waals surface area contributed by atoms with E-state index in [0.717, 1.165) is 16.8 Å². The molecule has 0 spiro atoms. The van der Waals surface area contributed by atoms with Crippen molar-refractivity contribution >= 4 is 34.8 Å². The molecule has 0 heterocycles. The molecule has 2 aromatic rings. The lowest BCUT2D eigenvalue weighted by atomic mass is 10.1. The first kappa shape index (κ1) is 18.7. The number of amides is 1. The number of halogens is 3. The van der Waals surface area contributed by atoms with E-state index in [-0.39, 0.29) is 23.5 Å². The fraction of sp³-hybridized carbons (Fsp3) is 0.278. The van der Waals surface area contributed by atoms with Crippen molar-refractivity contribution in [2.45, 2.75) is 26.8 Å². The zero-order valence-electron chi connectivity index (χ0n) is 13.7. The van der Waals surface area contributed by atoms with E-state index in [2.05, 4.69) is 10.6 Å². The van der Waals surface area contributed by atoms with Crippen LogP contribution in [-0.2, 0) is 4.79 Å². The average Bonchev–Trinajstić information content (AvgIpc) is 2.52. The van der Waals surface area contributed by atoms with E-state index in [4.69, 9.17) is 23.2 Å². The molecule has 0 aromatic heterocycles. The molecule has 6 heteroatoms. The molecule has 2 N–H and O–H groups in total. The minimum atomic E-state index is -0.537. The second-order valence-electron chi connectivity index (χ2n) is 5.71. The lowest BCUT2D eigenvalue weighted by Crippen LogP contribution is -2.30. The van der Waals surface area contributed by atoms with Crippen molar-refractivity contribution in [1.29, 1.82) is 0 Å². The molecule has 0 saturated carbocycles. The Bertz CT molecular complexity index is 745. The fourth-order valence-electron chi connectivity index (χ4n) is 2.42. The van der Waals surface area contributed by atoms with E-state index in [0.29, 0.717) is 10.6 Å². The van der Waals surface area contributed by atoms with Crippen LogP contribution >= 0.6 is 23.2 Å². The largest absolute Gasteiger partial charge is 0.324 e. The number of benzene rings is 2. The number of rotatable bonds is 5. The summed E-state index contributed by atoms with van der Waals surface area (Å²) in [5.74, 6) is -0.713. The van der Waals surface area contributed by atoms with Gasteiger partial charge in [0, 0.05) is 16.8 Å². The van der Waals surface area contributed by atoms with E-state index in [1.807, 2.05) is 32.0 Å². The Balaban J connectivity index is 2.00. The highest BCUT2D eigenvalue weighted by molar-refractivity contribution is 6.35. The molecule has 2 rings (SSSR count). The highest BCUT2D eigenvalue weighted by Crippen LogP contribution is 2.28. The molecule has 1 amide bonds. The van der Waals surface area contributed by atoms with Crippen LogP contribution in [0, 0.1) is 19.7 Å². The summed E-state index contributed by atoms with van der Waals surface area (Å²) in [7, 11) is 0. The standard InChI is InChI=1S/C18H19Cl2FN2O/c1-10-5-4-6-11(2)18(10)23-17(24)9-22-12(3)13-7-16(21)15(20)8-14(13)19/h4-8,12,22H,9H2,1-3H3,(H,23,24)/t12-/m1/s1. The normalized spacial score (nSPS) is 12.1. The molecule has 0 aliphatic heterocycles. The Kier molecular flexibility index (Phi) is 6.21. The second kappa shape index (κ2) is 7.97. The van der Waals surface area contributed by atoms with Gasteiger partial charge in [0.2, 0.25) is 5.91 Å². The van der Waals surface area contributed by atoms with Crippen LogP contribution in [-0.4, -0.2) is 12.5 Å². The molecule has 24 heavy (non-hydrogen) atoms. The summed E-state index contributed by atoms with van der Waals surface area (Å²) in [5.41, 5.74) is 3.37. The summed E-state index contributed by atoms with van der Waals surface area (Å²) >= 11 is 11.8. The van der Waals surface area contributed by atoms with Crippen LogP contribution in [0.25, 0.3) is 0 Å². The first-order chi connectivity index (χ1) is 11.3. The lowest BCUT2D eigenvalue weighted by Gasteiger charge is -2.17. The minimum absolute atomic E-state index is 0.0243. The molecule has 3 nitrogen and oxygen atoms in total. The first-order valence-corrected chi connectivity index (χ1v) is 8.29. The van der Waals surface area contributed by atoms with Gasteiger partial charge in [-0.25, -0.2) is 4.39 Å². The van der Waals surface area contributed by atoms with Crippen molar-refractivity contribution in [3.05, 3.63) is 62.9 Å². The lowest BCUT2D eigenvalue weighted by molar-refractivity contribution is -0.115. The predicted molar refractivity (Wildman–Crippen MR) is 97.4 cm³/mol. The Labute approximate surface area is 151 Å². The molecule has 2 aromatic carbocycles. The minimum Gasteiger partial charge on any atom is -0.324 e. The number of carbonyl (C=O) groups excluding carboxylic acids is 1. The highest BCUT2D eigenvalue weighted by atomic mass is 35.5. The van der Waals surface area contributed by atoms with Gasteiger partial charge in [0.05, 0.1) is 11.6 Å². The summed E-state index contributed by atoms with van der Waals surface area (Å²) in [5, 5.41) is 6.26. The third-order valence-corrected chi connectivity index (χ3v) is 4.44. The number of nitrogens with one attached hydrogen (secondary N) is 2.